The average Bonchev–Trinajstić information content (AvgIpc) is 0.778. The van der Waals surface area contributed by atoms with Crippen molar-refractivity contribution < 1.29 is 119 Å². The van der Waals surface area contributed by atoms with E-state index in [0.29, 0.717) is 38.5 Å². The monoisotopic (exact) mass is 1190 g/mol. The van der Waals surface area contributed by atoms with Crippen LogP contribution in [0.2, 0.25) is 0 Å². The van der Waals surface area contributed by atoms with Gasteiger partial charge in [0.25, 0.3) is 0 Å². The highest BCUT2D eigenvalue weighted by molar-refractivity contribution is 5.79. The van der Waals surface area contributed by atoms with Gasteiger partial charge in [0.1, 0.15) is 91.6 Å². The van der Waals surface area contributed by atoms with Crippen LogP contribution in [0, 0.1) is 50.7 Å². The lowest BCUT2D eigenvalue weighted by Gasteiger charge is -2.71. The Balaban J connectivity index is 0.815. The van der Waals surface area contributed by atoms with Crippen LogP contribution in [0.5, 0.6) is 0 Å². The number of hydrogen-bond donors (Lipinski definition) is 13. The highest BCUT2D eigenvalue weighted by atomic mass is 16.8. The molecule has 0 amide bonds. The summed E-state index contributed by atoms with van der Waals surface area (Å²) in [5, 5.41) is 140. The Morgan fingerprint density at radius 2 is 1.22 bits per heavy atom. The summed E-state index contributed by atoms with van der Waals surface area (Å²) in [5.41, 5.74) is 0.0217. The smallest absolute Gasteiger partial charge is 0.315 e. The number of esters is 1. The first-order valence-electron chi connectivity index (χ1n) is 30.1. The van der Waals surface area contributed by atoms with Crippen LogP contribution in [-0.4, -0.2) is 240 Å². The topological polar surface area (TPSA) is 372 Å². The Kier molecular flexibility index (Phi) is 18.4. The predicted molar refractivity (Wildman–Crippen MR) is 285 cm³/mol. The molecule has 10 aliphatic rings. The number of allylic oxidation sites excluding steroid dienone is 3. The first-order chi connectivity index (χ1) is 38.9. The number of carbonyl (C=O) groups is 1. The van der Waals surface area contributed by atoms with Crippen LogP contribution in [-0.2, 0) is 52.2 Å². The van der Waals surface area contributed by atoms with Crippen LogP contribution in [0.4, 0.5) is 0 Å². The molecule has 5 heterocycles. The zero-order valence-electron chi connectivity index (χ0n) is 48.9. The molecule has 32 atom stereocenters. The molecule has 0 aromatic heterocycles. The second-order valence-corrected chi connectivity index (χ2v) is 27.6. The molecule has 474 valence electrons. The summed E-state index contributed by atoms with van der Waals surface area (Å²) in [7, 11) is 0. The maximum Gasteiger partial charge on any atom is 0.315 e. The van der Waals surface area contributed by atoms with Crippen molar-refractivity contribution in [2.24, 2.45) is 50.7 Å². The molecule has 5 aliphatic heterocycles. The molecule has 24 heteroatoms. The third-order valence-electron chi connectivity index (χ3n) is 22.8. The standard InChI is InChI=1S/C59H94O24/c1-24-12-17-59(54(73)83-52-46(72)43(69)40(66)32(79-52)23-75-49-25(2)36(62)47(31(21-60)78-49)81-50-44(70)41(67)37(63)26(3)76-50)19-18-57(8)28(29(59)20-24)10-11-34-56(7)15-14-35(55(5,6)33(56)13-16-58(34,57)9)80-53-48(39(65)30(61)22-74-53)82-51-45(71)42(68)38(64)27(4)77-51/h10,25-27,29-53,60-72H,1,11-23H2,2-9H3/t25?,26?,27?,29?,30?,31?,32?,33?,34?,35?,36?,37?,38?,39?,40?,41?,42?,43?,44?,45?,46?,47?,48?,49?,50?,51?,52?,53?,56-,57+,58+,59-/m0/s1. The fourth-order valence-electron chi connectivity index (χ4n) is 17.3. The summed E-state index contributed by atoms with van der Waals surface area (Å²) >= 11 is 0. The number of hydrogen-bond acceptors (Lipinski definition) is 24. The number of aliphatic hydroxyl groups is 13. The molecule has 5 saturated heterocycles. The molecule has 10 rings (SSSR count). The Morgan fingerprint density at radius 1 is 0.614 bits per heavy atom. The summed E-state index contributed by atoms with van der Waals surface area (Å²) in [6, 6.07) is 0. The molecule has 24 nitrogen and oxygen atoms in total. The van der Waals surface area contributed by atoms with Gasteiger partial charge in [-0.3, -0.25) is 4.79 Å². The van der Waals surface area contributed by atoms with Crippen molar-refractivity contribution in [1.82, 2.24) is 0 Å². The summed E-state index contributed by atoms with van der Waals surface area (Å²) < 4.78 is 60.3. The van der Waals surface area contributed by atoms with Gasteiger partial charge in [-0.15, -0.1) is 0 Å². The molecule has 0 aromatic rings. The van der Waals surface area contributed by atoms with Crippen molar-refractivity contribution >= 4 is 5.97 Å². The van der Waals surface area contributed by atoms with Crippen molar-refractivity contribution in [1.29, 1.82) is 0 Å². The van der Waals surface area contributed by atoms with Crippen LogP contribution in [0.1, 0.15) is 120 Å². The molecule has 0 bridgehead atoms. The van der Waals surface area contributed by atoms with Crippen molar-refractivity contribution in [3.63, 3.8) is 0 Å². The molecule has 28 unspecified atom stereocenters. The van der Waals surface area contributed by atoms with Crippen molar-refractivity contribution in [2.75, 3.05) is 19.8 Å². The van der Waals surface area contributed by atoms with E-state index in [4.69, 9.17) is 47.4 Å². The van der Waals surface area contributed by atoms with Crippen LogP contribution < -0.4 is 0 Å². The molecular weight excluding hydrogens is 1090 g/mol. The van der Waals surface area contributed by atoms with Crippen molar-refractivity contribution in [3.8, 4) is 0 Å². The van der Waals surface area contributed by atoms with Crippen LogP contribution >= 0.6 is 0 Å². The summed E-state index contributed by atoms with van der Waals surface area (Å²) in [4.78, 5) is 15.1. The number of aliphatic hydroxyl groups excluding tert-OH is 13. The van der Waals surface area contributed by atoms with E-state index in [2.05, 4.69) is 47.3 Å². The van der Waals surface area contributed by atoms with Gasteiger partial charge >= 0.3 is 5.97 Å². The second-order valence-electron chi connectivity index (χ2n) is 27.6. The normalized spacial score (nSPS) is 54.5. The summed E-state index contributed by atoms with van der Waals surface area (Å²) in [6.45, 7) is 19.2. The van der Waals surface area contributed by atoms with E-state index in [0.717, 1.165) is 31.3 Å². The van der Waals surface area contributed by atoms with Gasteiger partial charge in [0.05, 0.1) is 49.7 Å². The van der Waals surface area contributed by atoms with Crippen LogP contribution in [0.15, 0.2) is 23.8 Å². The fraction of sp³-hybridized carbons (Fsp3) is 0.915. The molecule has 4 saturated carbocycles. The summed E-state index contributed by atoms with van der Waals surface area (Å²) in [5.74, 6) is -1.36. The molecule has 83 heavy (non-hydrogen) atoms. The highest BCUT2D eigenvalue weighted by Crippen LogP contribution is 2.75. The van der Waals surface area contributed by atoms with Gasteiger partial charge in [-0.05, 0) is 112 Å². The number of carbonyl (C=O) groups excluding carboxylic acids is 1. The van der Waals surface area contributed by atoms with Gasteiger partial charge in [0.15, 0.2) is 25.2 Å². The van der Waals surface area contributed by atoms with Gasteiger partial charge in [-0.2, -0.15) is 0 Å². The Labute approximate surface area is 484 Å². The van der Waals surface area contributed by atoms with Gasteiger partial charge in [-0.1, -0.05) is 65.3 Å². The van der Waals surface area contributed by atoms with E-state index in [-0.39, 0.29) is 46.7 Å². The first-order valence-corrected chi connectivity index (χ1v) is 30.1. The summed E-state index contributed by atoms with van der Waals surface area (Å²) in [6.07, 6.45) is -24.4. The molecule has 5 aliphatic carbocycles. The lowest BCUT2D eigenvalue weighted by Crippen LogP contribution is -2.66. The van der Waals surface area contributed by atoms with Gasteiger partial charge in [0.2, 0.25) is 6.29 Å². The molecule has 0 radical (unpaired) electrons. The Bertz CT molecular complexity index is 2340. The zero-order chi connectivity index (χ0) is 60.4. The fourth-order valence-corrected chi connectivity index (χ4v) is 17.3. The number of rotatable bonds is 12. The van der Waals surface area contributed by atoms with Crippen molar-refractivity contribution in [2.45, 2.75) is 267 Å². The van der Waals surface area contributed by atoms with E-state index < -0.39 is 177 Å². The lowest BCUT2D eigenvalue weighted by molar-refractivity contribution is -0.364. The third kappa shape index (κ3) is 10.7. The molecule has 9 fully saturated rings. The van der Waals surface area contributed by atoms with E-state index >= 15 is 4.79 Å². The minimum atomic E-state index is -1.84. The highest BCUT2D eigenvalue weighted by Gasteiger charge is 2.70. The van der Waals surface area contributed by atoms with Crippen molar-refractivity contribution in [3.05, 3.63) is 23.8 Å². The molecule has 0 spiro atoms. The number of ether oxygens (including phenoxy) is 10. The van der Waals surface area contributed by atoms with Crippen LogP contribution in [0.25, 0.3) is 0 Å². The lowest BCUT2D eigenvalue weighted by atomic mass is 9.34. The van der Waals surface area contributed by atoms with E-state index in [1.165, 1.54) is 19.4 Å². The maximum atomic E-state index is 15.1. The Morgan fingerprint density at radius 3 is 1.86 bits per heavy atom. The Hall–Kier alpha value is -1.93. The zero-order valence-corrected chi connectivity index (χ0v) is 48.9. The first kappa shape index (κ1) is 64.1. The minimum absolute atomic E-state index is 0.166. The number of fused-ring (bicyclic) bond motifs is 7. The molecule has 0 aromatic carbocycles. The molecular formula is C59H94O24. The largest absolute Gasteiger partial charge is 0.432 e. The second kappa shape index (κ2) is 23.8. The SMILES string of the molecule is C=C1CC[C@]2(C(=O)OC3OC(COC4OC(CO)C(OC5OC(C)C(O)C(O)C5O)C(O)C4C)C(O)C(O)C3O)CC[C@]3(C)C(=CCC4[C@@]5(C)CCC(OC6OCC(O)C(O)C6OC6OC(C)C(O)C(O)C6O)C(C)(C)C5CC[C@]43C)C2C1. The maximum absolute atomic E-state index is 15.1. The molecule has 13 N–H and O–H groups in total. The van der Waals surface area contributed by atoms with E-state index in [1.54, 1.807) is 6.92 Å². The minimum Gasteiger partial charge on any atom is -0.432 e. The average molecular weight is 1190 g/mol. The van der Waals surface area contributed by atoms with Gasteiger partial charge in [0, 0.05) is 11.8 Å². The van der Waals surface area contributed by atoms with E-state index in [9.17, 15) is 66.4 Å². The third-order valence-corrected chi connectivity index (χ3v) is 22.8. The van der Waals surface area contributed by atoms with E-state index in [1.807, 2.05) is 0 Å². The van der Waals surface area contributed by atoms with Gasteiger partial charge < -0.3 is 114 Å². The quantitative estimate of drug-likeness (QED) is 0.0652. The predicted octanol–water partition coefficient (Wildman–Crippen LogP) is -0.712. The van der Waals surface area contributed by atoms with Gasteiger partial charge in [-0.25, -0.2) is 0 Å². The van der Waals surface area contributed by atoms with Crippen LogP contribution in [0.3, 0.4) is 0 Å².